The Balaban J connectivity index is 2.28. The Bertz CT molecular complexity index is 1150. The molecule has 24 heavy (non-hydrogen) atoms. The number of benzene rings is 1. The zero-order valence-corrected chi connectivity index (χ0v) is 13.0. The van der Waals surface area contributed by atoms with Crippen LogP contribution in [0.1, 0.15) is 0 Å². The van der Waals surface area contributed by atoms with Gasteiger partial charge in [0.15, 0.2) is 11.1 Å². The van der Waals surface area contributed by atoms with Gasteiger partial charge >= 0.3 is 5.69 Å². The predicted molar refractivity (Wildman–Crippen MR) is 88.7 cm³/mol. The Morgan fingerprint density at radius 2 is 1.62 bits per heavy atom. The van der Waals surface area contributed by atoms with E-state index in [9.17, 15) is 19.5 Å². The number of nitrogens with zero attached hydrogens (tertiary/aromatic N) is 3. The van der Waals surface area contributed by atoms with Crippen LogP contribution in [0.15, 0.2) is 49.7 Å². The van der Waals surface area contributed by atoms with E-state index in [2.05, 4.69) is 4.99 Å². The van der Waals surface area contributed by atoms with Crippen molar-refractivity contribution in [3.05, 3.63) is 66.8 Å². The van der Waals surface area contributed by atoms with E-state index in [1.165, 1.54) is 14.1 Å². The summed E-state index contributed by atoms with van der Waals surface area (Å²) in [6.07, 6.45) is 0. The number of aromatic nitrogens is 2. The molecule has 1 heterocycles. The van der Waals surface area contributed by atoms with Crippen molar-refractivity contribution in [2.24, 2.45) is 19.1 Å². The van der Waals surface area contributed by atoms with Gasteiger partial charge in [-0.05, 0) is 12.1 Å². The van der Waals surface area contributed by atoms with Crippen LogP contribution in [0.2, 0.25) is 0 Å². The van der Waals surface area contributed by atoms with Crippen molar-refractivity contribution in [1.82, 2.24) is 9.13 Å². The molecule has 0 amide bonds. The molecule has 0 aliphatic rings. The van der Waals surface area contributed by atoms with E-state index in [4.69, 9.17) is 5.73 Å². The van der Waals surface area contributed by atoms with Crippen molar-refractivity contribution in [3.8, 4) is 16.9 Å². The first-order valence-corrected chi connectivity index (χ1v) is 7.02. The maximum Gasteiger partial charge on any atom is 0.332 e. The standard InChI is InChI=1S/C16H14N4O4/c1-19-14(17)10(15(23)20(2)16(19)24)9-12(21)11(13(9)22)18-8-6-4-3-5-7-8/h3-7,21H,17H2,1-2H3. The van der Waals surface area contributed by atoms with Crippen LogP contribution in [0.5, 0.6) is 5.75 Å². The van der Waals surface area contributed by atoms with Gasteiger partial charge in [0, 0.05) is 14.1 Å². The molecule has 1 aromatic heterocycles. The van der Waals surface area contributed by atoms with Crippen LogP contribution in [0, 0.1) is 0 Å². The number of aromatic hydroxyl groups is 1. The van der Waals surface area contributed by atoms with Crippen LogP contribution < -0.4 is 27.8 Å². The maximum atomic E-state index is 12.3. The first kappa shape index (κ1) is 15.5. The van der Waals surface area contributed by atoms with Gasteiger partial charge in [0.25, 0.3) is 5.56 Å². The van der Waals surface area contributed by atoms with Gasteiger partial charge in [-0.3, -0.25) is 18.7 Å². The highest BCUT2D eigenvalue weighted by Crippen LogP contribution is 2.25. The Kier molecular flexibility index (Phi) is 3.44. The van der Waals surface area contributed by atoms with Crippen LogP contribution in [0.3, 0.4) is 0 Å². The topological polar surface area (TPSA) is 120 Å². The molecular formula is C16H14N4O4. The first-order valence-electron chi connectivity index (χ1n) is 7.02. The fraction of sp³-hybridized carbons (Fsp3) is 0.125. The molecule has 0 atom stereocenters. The average molecular weight is 326 g/mol. The van der Waals surface area contributed by atoms with Crippen LogP contribution in [-0.4, -0.2) is 14.2 Å². The van der Waals surface area contributed by atoms with E-state index < -0.39 is 22.4 Å². The van der Waals surface area contributed by atoms with Crippen molar-refractivity contribution in [1.29, 1.82) is 0 Å². The highest BCUT2D eigenvalue weighted by atomic mass is 16.3. The lowest BCUT2D eigenvalue weighted by Crippen LogP contribution is -2.42. The van der Waals surface area contributed by atoms with E-state index in [1.54, 1.807) is 30.3 Å². The second kappa shape index (κ2) is 5.34. The molecule has 3 N–H and O–H groups in total. The van der Waals surface area contributed by atoms with Gasteiger partial charge in [-0.2, -0.15) is 0 Å². The highest BCUT2D eigenvalue weighted by Gasteiger charge is 2.27. The third-order valence-corrected chi connectivity index (χ3v) is 3.86. The van der Waals surface area contributed by atoms with Gasteiger partial charge in [-0.25, -0.2) is 9.79 Å². The number of anilines is 1. The zero-order chi connectivity index (χ0) is 17.6. The lowest BCUT2D eigenvalue weighted by molar-refractivity contribution is 0.463. The number of hydrogen-bond acceptors (Lipinski definition) is 6. The molecule has 0 bridgehead atoms. The first-order chi connectivity index (χ1) is 11.3. The van der Waals surface area contributed by atoms with Crippen molar-refractivity contribution in [2.45, 2.75) is 0 Å². The Labute approximate surface area is 135 Å². The molecule has 8 heteroatoms. The summed E-state index contributed by atoms with van der Waals surface area (Å²) in [4.78, 5) is 40.5. The van der Waals surface area contributed by atoms with Crippen molar-refractivity contribution < 1.29 is 5.11 Å². The summed E-state index contributed by atoms with van der Waals surface area (Å²) >= 11 is 0. The molecule has 0 aliphatic heterocycles. The quantitative estimate of drug-likeness (QED) is 0.658. The minimum absolute atomic E-state index is 0.147. The van der Waals surface area contributed by atoms with E-state index in [-0.39, 0.29) is 22.3 Å². The Morgan fingerprint density at radius 1 is 1.00 bits per heavy atom. The monoisotopic (exact) mass is 326 g/mol. The minimum Gasteiger partial charge on any atom is -0.505 e. The molecule has 0 radical (unpaired) electrons. The SMILES string of the molecule is Cn1c(N)c(-c2c(O)c(=Nc3ccccc3)c2=O)c(=O)n(C)c1=O. The Morgan fingerprint density at radius 3 is 2.21 bits per heavy atom. The van der Waals surface area contributed by atoms with Crippen LogP contribution in [0.4, 0.5) is 11.5 Å². The van der Waals surface area contributed by atoms with Gasteiger partial charge in [0.2, 0.25) is 5.43 Å². The molecule has 0 spiro atoms. The lowest BCUT2D eigenvalue weighted by Gasteiger charge is -2.14. The summed E-state index contributed by atoms with van der Waals surface area (Å²) < 4.78 is 1.86. The summed E-state index contributed by atoms with van der Waals surface area (Å²) in [5.41, 5.74) is 3.90. The lowest BCUT2D eigenvalue weighted by atomic mass is 10.0. The molecule has 0 aliphatic carbocycles. The largest absolute Gasteiger partial charge is 0.505 e. The smallest absolute Gasteiger partial charge is 0.332 e. The number of rotatable bonds is 2. The van der Waals surface area contributed by atoms with Crippen molar-refractivity contribution >= 4 is 11.5 Å². The second-order valence-corrected chi connectivity index (χ2v) is 5.31. The molecule has 0 saturated heterocycles. The summed E-state index contributed by atoms with van der Waals surface area (Å²) in [5.74, 6) is -0.594. The molecule has 0 fully saturated rings. The van der Waals surface area contributed by atoms with E-state index in [0.717, 1.165) is 9.13 Å². The van der Waals surface area contributed by atoms with Gasteiger partial charge in [0.05, 0.1) is 16.8 Å². The van der Waals surface area contributed by atoms with Gasteiger partial charge in [-0.15, -0.1) is 0 Å². The van der Waals surface area contributed by atoms with E-state index >= 15 is 0 Å². The van der Waals surface area contributed by atoms with E-state index in [0.29, 0.717) is 5.69 Å². The van der Waals surface area contributed by atoms with Crippen molar-refractivity contribution in [2.75, 3.05) is 5.73 Å². The summed E-state index contributed by atoms with van der Waals surface area (Å²) in [6.45, 7) is 0. The van der Waals surface area contributed by atoms with Gasteiger partial charge in [0.1, 0.15) is 5.82 Å². The third-order valence-electron chi connectivity index (χ3n) is 3.86. The number of nitrogen functional groups attached to an aromatic ring is 1. The van der Waals surface area contributed by atoms with Crippen molar-refractivity contribution in [3.63, 3.8) is 0 Å². The van der Waals surface area contributed by atoms with Gasteiger partial charge < -0.3 is 10.8 Å². The minimum atomic E-state index is -0.746. The molecular weight excluding hydrogens is 312 g/mol. The zero-order valence-electron chi connectivity index (χ0n) is 13.0. The average Bonchev–Trinajstić information content (AvgIpc) is 2.60. The number of nitrogens with two attached hydrogens (primary N) is 1. The molecule has 0 saturated carbocycles. The van der Waals surface area contributed by atoms with Gasteiger partial charge in [-0.1, -0.05) is 18.2 Å². The molecule has 3 aromatic rings. The predicted octanol–water partition coefficient (Wildman–Crippen LogP) is -0.493. The van der Waals surface area contributed by atoms with Crippen LogP contribution in [0.25, 0.3) is 11.1 Å². The number of para-hydroxylation sites is 1. The second-order valence-electron chi connectivity index (χ2n) is 5.31. The third kappa shape index (κ3) is 2.08. The van der Waals surface area contributed by atoms with E-state index in [1.807, 2.05) is 0 Å². The summed E-state index contributed by atoms with van der Waals surface area (Å²) in [6, 6.07) is 8.62. The number of hydrogen-bond donors (Lipinski definition) is 2. The molecule has 2 aromatic carbocycles. The summed E-state index contributed by atoms with van der Waals surface area (Å²) in [7, 11) is 2.65. The molecule has 8 nitrogen and oxygen atoms in total. The Hall–Kier alpha value is -3.42. The highest BCUT2D eigenvalue weighted by molar-refractivity contribution is 5.80. The molecule has 0 unspecified atom stereocenters. The normalized spacial score (nSPS) is 12.0. The van der Waals surface area contributed by atoms with Crippen LogP contribution >= 0.6 is 0 Å². The molecule has 3 rings (SSSR count). The fourth-order valence-electron chi connectivity index (χ4n) is 2.45. The summed E-state index contributed by atoms with van der Waals surface area (Å²) in [5, 5.41) is 10.0. The van der Waals surface area contributed by atoms with Crippen LogP contribution in [-0.2, 0) is 14.1 Å². The molecule has 122 valence electrons. The maximum absolute atomic E-state index is 12.3. The fourth-order valence-corrected chi connectivity index (χ4v) is 2.45.